The third kappa shape index (κ3) is 2.40. The van der Waals surface area contributed by atoms with Gasteiger partial charge >= 0.3 is 16.4 Å². The number of rotatable bonds is 4. The van der Waals surface area contributed by atoms with Crippen LogP contribution < -0.4 is 5.73 Å². The molecular formula is C10H12N4O6S. The van der Waals surface area contributed by atoms with Crippen LogP contribution in [0.2, 0.25) is 0 Å². The van der Waals surface area contributed by atoms with Crippen molar-refractivity contribution in [3.05, 3.63) is 24.4 Å². The summed E-state index contributed by atoms with van der Waals surface area (Å²) < 4.78 is 40.2. The van der Waals surface area contributed by atoms with Crippen LogP contribution in [0.5, 0.6) is 0 Å². The van der Waals surface area contributed by atoms with Crippen molar-refractivity contribution >= 4 is 22.0 Å². The smallest absolute Gasteiger partial charge is 0.418 e. The molecule has 1 fully saturated rings. The van der Waals surface area contributed by atoms with Crippen LogP contribution in [0.25, 0.3) is 5.57 Å². The fourth-order valence-electron chi connectivity index (χ4n) is 2.49. The molecular weight excluding hydrogens is 304 g/mol. The van der Waals surface area contributed by atoms with Gasteiger partial charge in [0.15, 0.2) is 12.2 Å². The van der Waals surface area contributed by atoms with Gasteiger partial charge in [-0.05, 0) is 0 Å². The fourth-order valence-corrected chi connectivity index (χ4v) is 2.86. The molecule has 1 aromatic heterocycles. The van der Waals surface area contributed by atoms with Gasteiger partial charge in [0.25, 0.3) is 0 Å². The van der Waals surface area contributed by atoms with Crippen LogP contribution in [-0.4, -0.2) is 59.1 Å². The van der Waals surface area contributed by atoms with E-state index in [0.29, 0.717) is 16.4 Å². The highest BCUT2D eigenvalue weighted by molar-refractivity contribution is 7.80. The van der Waals surface area contributed by atoms with Crippen molar-refractivity contribution in [1.82, 2.24) is 14.9 Å². The first-order valence-corrected chi connectivity index (χ1v) is 7.34. The molecule has 1 saturated heterocycles. The van der Waals surface area contributed by atoms with E-state index in [2.05, 4.69) is 9.27 Å². The molecule has 3 heterocycles. The Morgan fingerprint density at radius 1 is 1.57 bits per heavy atom. The van der Waals surface area contributed by atoms with Gasteiger partial charge in [0.2, 0.25) is 0 Å². The lowest BCUT2D eigenvalue weighted by Gasteiger charge is -2.27. The van der Waals surface area contributed by atoms with E-state index in [4.69, 9.17) is 14.7 Å². The molecule has 3 N–H and O–H groups in total. The van der Waals surface area contributed by atoms with Crippen LogP contribution in [0.4, 0.5) is 4.79 Å². The second-order valence-corrected chi connectivity index (χ2v) is 5.57. The Labute approximate surface area is 119 Å². The molecule has 11 heteroatoms. The number of oxazole rings is 1. The van der Waals surface area contributed by atoms with E-state index in [1.807, 2.05) is 0 Å². The summed E-state index contributed by atoms with van der Waals surface area (Å²) in [5.74, 6) is 0.372. The SMILES string of the molecule is NCC1C=C(c2cnco2)[C@@H]2CN1C(=O)N2OS(=O)(=O)O. The molecule has 1 unspecified atom stereocenters. The van der Waals surface area contributed by atoms with E-state index in [9.17, 15) is 13.2 Å². The van der Waals surface area contributed by atoms with E-state index in [1.165, 1.54) is 17.5 Å². The molecule has 2 amide bonds. The molecule has 2 atom stereocenters. The van der Waals surface area contributed by atoms with Crippen molar-refractivity contribution in [3.63, 3.8) is 0 Å². The summed E-state index contributed by atoms with van der Waals surface area (Å²) in [6, 6.07) is -1.86. The highest BCUT2D eigenvalue weighted by Crippen LogP contribution is 2.35. The first-order valence-electron chi connectivity index (χ1n) is 5.98. The Bertz CT molecular complexity index is 684. The lowest BCUT2D eigenvalue weighted by atomic mass is 9.98. The van der Waals surface area contributed by atoms with Crippen LogP contribution >= 0.6 is 0 Å². The zero-order chi connectivity index (χ0) is 15.2. The average Bonchev–Trinajstić information content (AvgIpc) is 3.02. The Morgan fingerprint density at radius 2 is 2.33 bits per heavy atom. The number of hydroxylamine groups is 2. The minimum atomic E-state index is -4.82. The molecule has 0 aromatic carbocycles. The van der Waals surface area contributed by atoms with Crippen molar-refractivity contribution in [2.75, 3.05) is 13.1 Å². The summed E-state index contributed by atoms with van der Waals surface area (Å²) >= 11 is 0. The molecule has 2 bridgehead atoms. The minimum Gasteiger partial charge on any atom is -0.444 e. The van der Waals surface area contributed by atoms with Crippen molar-refractivity contribution in [3.8, 4) is 0 Å². The van der Waals surface area contributed by atoms with Crippen molar-refractivity contribution < 1.29 is 26.5 Å². The third-order valence-corrected chi connectivity index (χ3v) is 3.70. The number of hydrogen-bond donors (Lipinski definition) is 2. The molecule has 10 nitrogen and oxygen atoms in total. The molecule has 0 aliphatic carbocycles. The maximum atomic E-state index is 12.2. The number of aromatic nitrogens is 1. The first kappa shape index (κ1) is 14.0. The van der Waals surface area contributed by atoms with Crippen LogP contribution in [0.1, 0.15) is 5.76 Å². The minimum absolute atomic E-state index is 0.149. The van der Waals surface area contributed by atoms with E-state index in [0.717, 1.165) is 0 Å². The van der Waals surface area contributed by atoms with Gasteiger partial charge in [-0.15, -0.1) is 4.28 Å². The molecule has 2 aliphatic heterocycles. The summed E-state index contributed by atoms with van der Waals surface area (Å²) in [5, 5.41) is 0.597. The van der Waals surface area contributed by atoms with Gasteiger partial charge in [0, 0.05) is 12.1 Å². The Kier molecular flexibility index (Phi) is 3.20. The number of urea groups is 1. The normalized spacial score (nSPS) is 25.4. The van der Waals surface area contributed by atoms with Crippen molar-refractivity contribution in [2.45, 2.75) is 12.1 Å². The molecule has 2 aliphatic rings. The Morgan fingerprint density at radius 3 is 2.90 bits per heavy atom. The molecule has 21 heavy (non-hydrogen) atoms. The first-order chi connectivity index (χ1) is 9.90. The average molecular weight is 316 g/mol. The fraction of sp³-hybridized carbons (Fsp3) is 0.400. The molecule has 3 rings (SSSR count). The molecule has 114 valence electrons. The summed E-state index contributed by atoms with van der Waals surface area (Å²) in [5.41, 5.74) is 6.15. The maximum absolute atomic E-state index is 12.2. The summed E-state index contributed by atoms with van der Waals surface area (Å²) in [7, 11) is -4.82. The second-order valence-electron chi connectivity index (χ2n) is 4.57. The van der Waals surface area contributed by atoms with E-state index in [-0.39, 0.29) is 13.1 Å². The third-order valence-electron chi connectivity index (χ3n) is 3.35. The van der Waals surface area contributed by atoms with Gasteiger partial charge in [-0.3, -0.25) is 4.55 Å². The number of carbonyl (C=O) groups is 1. The lowest BCUT2D eigenvalue weighted by Crippen LogP contribution is -2.43. The zero-order valence-corrected chi connectivity index (χ0v) is 11.4. The molecule has 0 spiro atoms. The monoisotopic (exact) mass is 316 g/mol. The number of nitrogens with zero attached hydrogens (tertiary/aromatic N) is 3. The number of carbonyl (C=O) groups excluding carboxylic acids is 1. The standard InChI is InChI=1S/C10H12N4O6S/c11-2-6-1-7(9-3-12-5-19-9)8-4-13(6)10(15)14(8)20-21(16,17)18/h1,3,5-6,8H,2,4,11H2,(H,16,17,18)/t6?,8-/m0/s1. The predicted molar refractivity (Wildman–Crippen MR) is 67.7 cm³/mol. The van der Waals surface area contributed by atoms with Gasteiger partial charge in [-0.2, -0.15) is 13.5 Å². The number of fused-ring (bicyclic) bond motifs is 2. The van der Waals surface area contributed by atoms with Gasteiger partial charge in [-0.1, -0.05) is 6.08 Å². The topological polar surface area (TPSA) is 139 Å². The quantitative estimate of drug-likeness (QED) is 0.691. The van der Waals surface area contributed by atoms with Crippen LogP contribution in [0.15, 0.2) is 23.1 Å². The highest BCUT2D eigenvalue weighted by atomic mass is 32.3. The van der Waals surface area contributed by atoms with Gasteiger partial charge in [-0.25, -0.2) is 9.78 Å². The summed E-state index contributed by atoms with van der Waals surface area (Å²) in [6.07, 6.45) is 4.34. The zero-order valence-electron chi connectivity index (χ0n) is 10.6. The van der Waals surface area contributed by atoms with Crippen LogP contribution in [0, 0.1) is 0 Å². The number of hydrogen-bond acceptors (Lipinski definition) is 7. The highest BCUT2D eigenvalue weighted by Gasteiger charge is 2.48. The Hall–Kier alpha value is -1.95. The number of nitrogens with two attached hydrogens (primary N) is 1. The molecule has 1 aromatic rings. The predicted octanol–water partition coefficient (Wildman–Crippen LogP) is -0.760. The van der Waals surface area contributed by atoms with Gasteiger partial charge in [0.1, 0.15) is 6.04 Å². The van der Waals surface area contributed by atoms with Gasteiger partial charge < -0.3 is 15.1 Å². The van der Waals surface area contributed by atoms with Crippen molar-refractivity contribution in [1.29, 1.82) is 0 Å². The summed E-state index contributed by atoms with van der Waals surface area (Å²) in [6.45, 7) is 0.318. The van der Waals surface area contributed by atoms with E-state index >= 15 is 0 Å². The largest absolute Gasteiger partial charge is 0.444 e. The van der Waals surface area contributed by atoms with Gasteiger partial charge in [0.05, 0.1) is 18.8 Å². The number of amides is 2. The molecule has 0 radical (unpaired) electrons. The van der Waals surface area contributed by atoms with E-state index in [1.54, 1.807) is 6.08 Å². The van der Waals surface area contributed by atoms with Crippen LogP contribution in [0.3, 0.4) is 0 Å². The maximum Gasteiger partial charge on any atom is 0.418 e. The second kappa shape index (κ2) is 4.80. The summed E-state index contributed by atoms with van der Waals surface area (Å²) in [4.78, 5) is 17.3. The van der Waals surface area contributed by atoms with Crippen molar-refractivity contribution in [2.24, 2.45) is 5.73 Å². The Balaban J connectivity index is 2.01. The van der Waals surface area contributed by atoms with Crippen LogP contribution in [-0.2, 0) is 14.7 Å². The lowest BCUT2D eigenvalue weighted by molar-refractivity contribution is -0.0165. The van der Waals surface area contributed by atoms with E-state index < -0.39 is 28.5 Å². The molecule has 0 saturated carbocycles.